The molecule has 1 aromatic carbocycles. The second-order valence-electron chi connectivity index (χ2n) is 6.53. The van der Waals surface area contributed by atoms with Crippen molar-refractivity contribution in [2.24, 2.45) is 0 Å². The molecular formula is C18H24F3NO2S. The van der Waals surface area contributed by atoms with Gasteiger partial charge in [-0.2, -0.15) is 13.2 Å². The summed E-state index contributed by atoms with van der Waals surface area (Å²) in [5.41, 5.74) is -0.200. The number of amides is 1. The Morgan fingerprint density at radius 3 is 2.16 bits per heavy atom. The third-order valence-corrected chi connectivity index (χ3v) is 5.61. The van der Waals surface area contributed by atoms with E-state index in [-0.39, 0.29) is 23.5 Å². The fraction of sp³-hybridized carbons (Fsp3) is 0.611. The highest BCUT2D eigenvalue weighted by Crippen LogP contribution is 2.29. The molecule has 3 nitrogen and oxygen atoms in total. The Kier molecular flexibility index (Phi) is 7.47. The van der Waals surface area contributed by atoms with Crippen LogP contribution in [-0.2, 0) is 27.5 Å². The van der Waals surface area contributed by atoms with Crippen LogP contribution in [0.4, 0.5) is 13.2 Å². The highest BCUT2D eigenvalue weighted by molar-refractivity contribution is 7.84. The molecule has 0 spiro atoms. The highest BCUT2D eigenvalue weighted by atomic mass is 32.2. The van der Waals surface area contributed by atoms with E-state index in [0.717, 1.165) is 37.8 Å². The van der Waals surface area contributed by atoms with Crippen molar-refractivity contribution in [2.75, 3.05) is 5.75 Å². The summed E-state index contributed by atoms with van der Waals surface area (Å²) in [6.07, 6.45) is 3.35. The Morgan fingerprint density at radius 2 is 1.60 bits per heavy atom. The van der Waals surface area contributed by atoms with Crippen LogP contribution in [0.15, 0.2) is 24.3 Å². The maximum atomic E-state index is 12.5. The number of alkyl halides is 3. The van der Waals surface area contributed by atoms with E-state index in [0.29, 0.717) is 5.56 Å². The molecule has 0 aromatic heterocycles. The SMILES string of the molecule is O=C(CS(=O)Cc1ccc(C(F)(F)F)cc1)NC1CCCCCCC1. The summed E-state index contributed by atoms with van der Waals surface area (Å²) in [5, 5.41) is 2.95. The van der Waals surface area contributed by atoms with Gasteiger partial charge in [0.1, 0.15) is 5.75 Å². The van der Waals surface area contributed by atoms with E-state index < -0.39 is 22.5 Å². The molecule has 0 bridgehead atoms. The minimum atomic E-state index is -4.38. The molecule has 2 rings (SSSR count). The molecule has 0 heterocycles. The third-order valence-electron chi connectivity index (χ3n) is 4.37. The van der Waals surface area contributed by atoms with Crippen LogP contribution in [0.5, 0.6) is 0 Å². The Hall–Kier alpha value is -1.37. The number of benzene rings is 1. The average Bonchev–Trinajstić information content (AvgIpc) is 2.49. The zero-order chi connectivity index (χ0) is 18.3. The number of carbonyl (C=O) groups is 1. The molecule has 1 saturated carbocycles. The summed E-state index contributed by atoms with van der Waals surface area (Å²) in [7, 11) is -1.43. The second-order valence-corrected chi connectivity index (χ2v) is 7.99. The zero-order valence-electron chi connectivity index (χ0n) is 14.1. The monoisotopic (exact) mass is 375 g/mol. The Bertz CT molecular complexity index is 579. The number of rotatable bonds is 5. The molecule has 0 saturated heterocycles. The number of hydrogen-bond donors (Lipinski definition) is 1. The molecule has 1 amide bonds. The second kappa shape index (κ2) is 9.36. The van der Waals surface area contributed by atoms with Crippen LogP contribution in [0.2, 0.25) is 0 Å². The van der Waals surface area contributed by atoms with Crippen LogP contribution < -0.4 is 5.32 Å². The van der Waals surface area contributed by atoms with Crippen LogP contribution in [-0.4, -0.2) is 21.9 Å². The van der Waals surface area contributed by atoms with Gasteiger partial charge in [-0.3, -0.25) is 9.00 Å². The van der Waals surface area contributed by atoms with Crippen molar-refractivity contribution < 1.29 is 22.2 Å². The van der Waals surface area contributed by atoms with E-state index >= 15 is 0 Å². The molecule has 0 aliphatic heterocycles. The lowest BCUT2D eigenvalue weighted by atomic mass is 9.97. The van der Waals surface area contributed by atoms with Crippen molar-refractivity contribution in [2.45, 2.75) is 62.9 Å². The van der Waals surface area contributed by atoms with Crippen molar-refractivity contribution in [1.82, 2.24) is 5.32 Å². The molecule has 7 heteroatoms. The van der Waals surface area contributed by atoms with Gasteiger partial charge in [-0.15, -0.1) is 0 Å². The number of hydrogen-bond acceptors (Lipinski definition) is 2. The average molecular weight is 375 g/mol. The largest absolute Gasteiger partial charge is 0.416 e. The predicted molar refractivity (Wildman–Crippen MR) is 92.4 cm³/mol. The summed E-state index contributed by atoms with van der Waals surface area (Å²) in [6, 6.07) is 4.72. The van der Waals surface area contributed by atoms with Gasteiger partial charge >= 0.3 is 6.18 Å². The van der Waals surface area contributed by atoms with Crippen LogP contribution in [0.25, 0.3) is 0 Å². The van der Waals surface area contributed by atoms with E-state index in [4.69, 9.17) is 0 Å². The van der Waals surface area contributed by atoms with Crippen LogP contribution in [0.1, 0.15) is 56.1 Å². The summed E-state index contributed by atoms with van der Waals surface area (Å²) in [4.78, 5) is 12.0. The standard InChI is InChI=1S/C18H24F3NO2S/c19-18(20,21)15-10-8-14(9-11-15)12-25(24)13-17(23)22-16-6-4-2-1-3-5-7-16/h8-11,16H,1-7,12-13H2,(H,22,23). The quantitative estimate of drug-likeness (QED) is 0.839. The van der Waals surface area contributed by atoms with E-state index in [2.05, 4.69) is 5.32 Å². The molecule has 1 aliphatic rings. The molecular weight excluding hydrogens is 351 g/mol. The smallest absolute Gasteiger partial charge is 0.353 e. The van der Waals surface area contributed by atoms with E-state index in [9.17, 15) is 22.2 Å². The van der Waals surface area contributed by atoms with Gasteiger partial charge in [0.15, 0.2) is 0 Å². The van der Waals surface area contributed by atoms with Gasteiger partial charge in [0.2, 0.25) is 5.91 Å². The molecule has 140 valence electrons. The van der Waals surface area contributed by atoms with Crippen LogP contribution in [0.3, 0.4) is 0 Å². The normalized spacial score (nSPS) is 18.2. The van der Waals surface area contributed by atoms with Gasteiger partial charge in [-0.25, -0.2) is 0 Å². The molecule has 1 fully saturated rings. The first-order valence-corrected chi connectivity index (χ1v) is 10.1. The fourth-order valence-corrected chi connectivity index (χ4v) is 4.08. The minimum Gasteiger partial charge on any atom is -0.353 e. The van der Waals surface area contributed by atoms with Crippen molar-refractivity contribution in [3.05, 3.63) is 35.4 Å². The van der Waals surface area contributed by atoms with E-state index in [1.54, 1.807) is 0 Å². The summed E-state index contributed by atoms with van der Waals surface area (Å²) in [5.74, 6) is -0.274. The first kappa shape index (κ1) is 19.9. The molecule has 1 aliphatic carbocycles. The highest BCUT2D eigenvalue weighted by Gasteiger charge is 2.30. The maximum Gasteiger partial charge on any atom is 0.416 e. The number of carbonyl (C=O) groups excluding carboxylic acids is 1. The predicted octanol–water partition coefficient (Wildman–Crippen LogP) is 4.18. The Balaban J connectivity index is 1.79. The van der Waals surface area contributed by atoms with Gasteiger partial charge < -0.3 is 5.32 Å². The zero-order valence-corrected chi connectivity index (χ0v) is 14.9. The minimum absolute atomic E-state index is 0.0796. The van der Waals surface area contributed by atoms with Crippen molar-refractivity contribution in [3.63, 3.8) is 0 Å². The van der Waals surface area contributed by atoms with Crippen molar-refractivity contribution in [1.29, 1.82) is 0 Å². The third kappa shape index (κ3) is 7.18. The van der Waals surface area contributed by atoms with Crippen molar-refractivity contribution >= 4 is 16.7 Å². The van der Waals surface area contributed by atoms with E-state index in [1.165, 1.54) is 31.4 Å². The Morgan fingerprint density at radius 1 is 1.04 bits per heavy atom. The molecule has 1 atom stereocenters. The van der Waals surface area contributed by atoms with Gasteiger partial charge in [-0.1, -0.05) is 44.2 Å². The Labute approximate surface area is 148 Å². The molecule has 1 unspecified atom stereocenters. The molecule has 1 aromatic rings. The maximum absolute atomic E-state index is 12.5. The fourth-order valence-electron chi connectivity index (χ4n) is 3.04. The topological polar surface area (TPSA) is 46.2 Å². The van der Waals surface area contributed by atoms with E-state index in [1.807, 2.05) is 0 Å². The lowest BCUT2D eigenvalue weighted by Crippen LogP contribution is -2.38. The summed E-state index contributed by atoms with van der Waals surface area (Å²) >= 11 is 0. The van der Waals surface area contributed by atoms with Gasteiger partial charge in [-0.05, 0) is 30.5 Å². The van der Waals surface area contributed by atoms with Gasteiger partial charge in [0.25, 0.3) is 0 Å². The number of halogens is 3. The van der Waals surface area contributed by atoms with Crippen LogP contribution in [0, 0.1) is 0 Å². The van der Waals surface area contributed by atoms with Gasteiger partial charge in [0.05, 0.1) is 5.56 Å². The van der Waals surface area contributed by atoms with Crippen LogP contribution >= 0.6 is 0 Å². The lowest BCUT2D eigenvalue weighted by Gasteiger charge is -2.20. The molecule has 25 heavy (non-hydrogen) atoms. The lowest BCUT2D eigenvalue weighted by molar-refractivity contribution is -0.137. The van der Waals surface area contributed by atoms with Gasteiger partial charge in [0, 0.05) is 22.6 Å². The summed E-state index contributed by atoms with van der Waals surface area (Å²) < 4.78 is 49.7. The summed E-state index contributed by atoms with van der Waals surface area (Å²) in [6.45, 7) is 0. The molecule has 1 N–H and O–H groups in total. The first-order chi connectivity index (χ1) is 11.8. The number of nitrogens with one attached hydrogen (secondary N) is 1. The first-order valence-electron chi connectivity index (χ1n) is 8.65. The van der Waals surface area contributed by atoms with Crippen molar-refractivity contribution in [3.8, 4) is 0 Å². The molecule has 0 radical (unpaired) electrons.